The average molecular weight is 419 g/mol. The molecule has 0 atom stereocenters. The molecule has 0 fully saturated rings. The summed E-state index contributed by atoms with van der Waals surface area (Å²) in [4.78, 5) is 24.3. The summed E-state index contributed by atoms with van der Waals surface area (Å²) in [6.07, 6.45) is 0. The first-order valence-corrected chi connectivity index (χ1v) is 10.2. The molecule has 10 heteroatoms. The summed E-state index contributed by atoms with van der Waals surface area (Å²) >= 11 is 0. The predicted octanol–water partition coefficient (Wildman–Crippen LogP) is 0.712. The van der Waals surface area contributed by atoms with E-state index in [1.54, 1.807) is 12.1 Å². The zero-order chi connectivity index (χ0) is 21.0. The summed E-state index contributed by atoms with van der Waals surface area (Å²) in [5.41, 5.74) is 0.979. The van der Waals surface area contributed by atoms with Crippen molar-refractivity contribution in [1.82, 2.24) is 14.9 Å². The van der Waals surface area contributed by atoms with Crippen LogP contribution in [-0.4, -0.2) is 52.0 Å². The molecule has 1 heterocycles. The van der Waals surface area contributed by atoms with Crippen molar-refractivity contribution in [2.75, 3.05) is 27.4 Å². The normalized spacial score (nSPS) is 12.7. The Morgan fingerprint density at radius 1 is 1.03 bits per heavy atom. The van der Waals surface area contributed by atoms with Gasteiger partial charge in [0.1, 0.15) is 0 Å². The van der Waals surface area contributed by atoms with E-state index in [9.17, 15) is 18.0 Å². The third-order valence-corrected chi connectivity index (χ3v) is 6.02. The van der Waals surface area contributed by atoms with Crippen LogP contribution in [0.2, 0.25) is 0 Å². The van der Waals surface area contributed by atoms with Crippen molar-refractivity contribution in [2.45, 2.75) is 11.4 Å². The molecule has 154 valence electrons. The van der Waals surface area contributed by atoms with Gasteiger partial charge in [0, 0.05) is 26.2 Å². The summed E-state index contributed by atoms with van der Waals surface area (Å²) in [6, 6.07) is 11.0. The van der Waals surface area contributed by atoms with Crippen molar-refractivity contribution in [3.05, 3.63) is 53.6 Å². The Balaban J connectivity index is 1.53. The highest BCUT2D eigenvalue weighted by Gasteiger charge is 2.19. The predicted molar refractivity (Wildman–Crippen MR) is 104 cm³/mol. The van der Waals surface area contributed by atoms with Crippen LogP contribution >= 0.6 is 0 Å². The molecule has 0 saturated carbocycles. The Morgan fingerprint density at radius 3 is 2.55 bits per heavy atom. The second-order valence-electron chi connectivity index (χ2n) is 6.46. The van der Waals surface area contributed by atoms with Crippen LogP contribution in [-0.2, 0) is 21.4 Å². The molecular weight excluding hydrogens is 398 g/mol. The minimum atomic E-state index is -3.65. The summed E-state index contributed by atoms with van der Waals surface area (Å²) in [6.45, 7) is 0.199. The Kier molecular flexibility index (Phi) is 6.04. The molecule has 1 aliphatic rings. The van der Waals surface area contributed by atoms with Gasteiger partial charge in [0.05, 0.1) is 11.4 Å². The molecule has 2 amide bonds. The van der Waals surface area contributed by atoms with Gasteiger partial charge in [0.15, 0.2) is 11.5 Å². The van der Waals surface area contributed by atoms with E-state index in [1.165, 1.54) is 38.4 Å². The molecule has 9 nitrogen and oxygen atoms in total. The van der Waals surface area contributed by atoms with Crippen molar-refractivity contribution in [2.24, 2.45) is 0 Å². The number of fused-ring (bicyclic) bond motifs is 1. The fraction of sp³-hybridized carbons (Fsp3) is 0.263. The van der Waals surface area contributed by atoms with Crippen molar-refractivity contribution in [3.63, 3.8) is 0 Å². The molecule has 1 aliphatic heterocycles. The smallest absolute Gasteiger partial charge is 0.251 e. The van der Waals surface area contributed by atoms with Crippen LogP contribution in [0.25, 0.3) is 0 Å². The van der Waals surface area contributed by atoms with Crippen LogP contribution in [0.4, 0.5) is 0 Å². The van der Waals surface area contributed by atoms with Gasteiger partial charge in [-0.1, -0.05) is 12.1 Å². The van der Waals surface area contributed by atoms with Gasteiger partial charge in [-0.15, -0.1) is 0 Å². The molecule has 2 aromatic rings. The summed E-state index contributed by atoms with van der Waals surface area (Å²) in [5, 5.41) is 5.18. The van der Waals surface area contributed by atoms with E-state index in [-0.39, 0.29) is 36.2 Å². The largest absolute Gasteiger partial charge is 0.454 e. The monoisotopic (exact) mass is 419 g/mol. The molecule has 3 rings (SSSR count). The minimum Gasteiger partial charge on any atom is -0.454 e. The molecule has 0 spiro atoms. The SMILES string of the molecule is CN(C)S(=O)(=O)c1cccc(C(=O)NCC(=O)NCc2ccc3c(c2)OCO3)c1. The summed E-state index contributed by atoms with van der Waals surface area (Å²) in [5.74, 6) is 0.357. The van der Waals surface area contributed by atoms with E-state index in [1.807, 2.05) is 6.07 Å². The zero-order valence-electron chi connectivity index (χ0n) is 16.0. The number of benzene rings is 2. The van der Waals surface area contributed by atoms with Crippen molar-refractivity contribution >= 4 is 21.8 Å². The second kappa shape index (κ2) is 8.50. The molecule has 0 unspecified atom stereocenters. The number of nitrogens with one attached hydrogen (secondary N) is 2. The standard InChI is InChI=1S/C19H21N3O6S/c1-22(2)29(25,26)15-5-3-4-14(9-15)19(24)21-11-18(23)20-10-13-6-7-16-17(8-13)28-12-27-16/h3-9H,10-12H2,1-2H3,(H,20,23)(H,21,24). The fourth-order valence-corrected chi connectivity index (χ4v) is 3.53. The van der Waals surface area contributed by atoms with E-state index in [0.29, 0.717) is 11.5 Å². The molecule has 0 aromatic heterocycles. The molecule has 0 bridgehead atoms. The van der Waals surface area contributed by atoms with Crippen molar-refractivity contribution < 1.29 is 27.5 Å². The number of carbonyl (C=O) groups excluding carboxylic acids is 2. The molecule has 29 heavy (non-hydrogen) atoms. The molecule has 0 saturated heterocycles. The number of hydrogen-bond donors (Lipinski definition) is 2. The van der Waals surface area contributed by atoms with Crippen LogP contribution in [0, 0.1) is 0 Å². The summed E-state index contributed by atoms with van der Waals surface area (Å²) in [7, 11) is -0.834. The maximum absolute atomic E-state index is 12.3. The quantitative estimate of drug-likeness (QED) is 0.683. The number of carbonyl (C=O) groups is 2. The number of nitrogens with zero attached hydrogens (tertiary/aromatic N) is 1. The Bertz CT molecular complexity index is 1040. The highest BCUT2D eigenvalue weighted by atomic mass is 32.2. The van der Waals surface area contributed by atoms with Crippen LogP contribution in [0.5, 0.6) is 11.5 Å². The molecular formula is C19H21N3O6S. The molecule has 0 radical (unpaired) electrons. The molecule has 2 N–H and O–H groups in total. The first-order valence-electron chi connectivity index (χ1n) is 8.73. The maximum atomic E-state index is 12.3. The average Bonchev–Trinajstić information content (AvgIpc) is 3.18. The van der Waals surface area contributed by atoms with E-state index >= 15 is 0 Å². The van der Waals surface area contributed by atoms with Crippen LogP contribution < -0.4 is 20.1 Å². The van der Waals surface area contributed by atoms with Gasteiger partial charge in [0.2, 0.25) is 22.7 Å². The number of ether oxygens (including phenoxy) is 2. The summed E-state index contributed by atoms with van der Waals surface area (Å²) < 4.78 is 35.9. The number of amides is 2. The number of rotatable bonds is 7. The Labute approximate surface area is 168 Å². The third kappa shape index (κ3) is 4.84. The van der Waals surface area contributed by atoms with E-state index in [2.05, 4.69) is 10.6 Å². The maximum Gasteiger partial charge on any atom is 0.251 e. The topological polar surface area (TPSA) is 114 Å². The lowest BCUT2D eigenvalue weighted by Crippen LogP contribution is -2.36. The minimum absolute atomic E-state index is 0.00223. The van der Waals surface area contributed by atoms with Crippen molar-refractivity contribution in [1.29, 1.82) is 0 Å². The van der Waals surface area contributed by atoms with Gasteiger partial charge in [0.25, 0.3) is 5.91 Å². The van der Waals surface area contributed by atoms with Gasteiger partial charge in [-0.25, -0.2) is 12.7 Å². The fourth-order valence-electron chi connectivity index (χ4n) is 2.59. The van der Waals surface area contributed by atoms with E-state index < -0.39 is 15.9 Å². The lowest BCUT2D eigenvalue weighted by atomic mass is 10.2. The highest BCUT2D eigenvalue weighted by Crippen LogP contribution is 2.32. The van der Waals surface area contributed by atoms with Crippen LogP contribution in [0.1, 0.15) is 15.9 Å². The first-order chi connectivity index (χ1) is 13.8. The lowest BCUT2D eigenvalue weighted by Gasteiger charge is -2.12. The van der Waals surface area contributed by atoms with Crippen LogP contribution in [0.15, 0.2) is 47.4 Å². The Hall–Kier alpha value is -3.11. The second-order valence-corrected chi connectivity index (χ2v) is 8.61. The molecule has 0 aliphatic carbocycles. The zero-order valence-corrected chi connectivity index (χ0v) is 16.8. The number of hydrogen-bond acceptors (Lipinski definition) is 6. The first kappa shape index (κ1) is 20.6. The highest BCUT2D eigenvalue weighted by molar-refractivity contribution is 7.89. The van der Waals surface area contributed by atoms with E-state index in [4.69, 9.17) is 9.47 Å². The Morgan fingerprint density at radius 2 is 1.79 bits per heavy atom. The third-order valence-electron chi connectivity index (χ3n) is 4.21. The van der Waals surface area contributed by atoms with Gasteiger partial charge in [-0.2, -0.15) is 0 Å². The van der Waals surface area contributed by atoms with Crippen molar-refractivity contribution in [3.8, 4) is 11.5 Å². The van der Waals surface area contributed by atoms with Gasteiger partial charge < -0.3 is 20.1 Å². The van der Waals surface area contributed by atoms with Crippen LogP contribution in [0.3, 0.4) is 0 Å². The number of sulfonamides is 1. The lowest BCUT2D eigenvalue weighted by molar-refractivity contribution is -0.120. The van der Waals surface area contributed by atoms with Gasteiger partial charge >= 0.3 is 0 Å². The van der Waals surface area contributed by atoms with Gasteiger partial charge in [-0.05, 0) is 35.9 Å². The molecule has 2 aromatic carbocycles. The van der Waals surface area contributed by atoms with Gasteiger partial charge in [-0.3, -0.25) is 9.59 Å². The van der Waals surface area contributed by atoms with E-state index in [0.717, 1.165) is 9.87 Å².